The molecule has 4 unspecified atom stereocenters. The summed E-state index contributed by atoms with van der Waals surface area (Å²) in [6.45, 7) is 8.91. The number of aliphatic carboxylic acids is 1. The molecule has 4 atom stereocenters. The number of nitrogens with two attached hydrogens (primary N) is 3. The largest absolute Gasteiger partial charge is 0.481 e. The van der Waals surface area contributed by atoms with Crippen molar-refractivity contribution in [2.45, 2.75) is 154 Å². The molecule has 2 aromatic carbocycles. The molecule has 10 heterocycles. The van der Waals surface area contributed by atoms with Crippen LogP contribution in [0.4, 0.5) is 11.6 Å². The molecule has 31 heteroatoms. The molecule has 99 heavy (non-hydrogen) atoms. The van der Waals surface area contributed by atoms with Gasteiger partial charge in [0.25, 0.3) is 23.6 Å². The van der Waals surface area contributed by atoms with Crippen molar-refractivity contribution in [3.05, 3.63) is 138 Å². The van der Waals surface area contributed by atoms with Crippen LogP contribution in [-0.4, -0.2) is 179 Å². The topological polar surface area (TPSA) is 414 Å². The van der Waals surface area contributed by atoms with Crippen LogP contribution < -0.4 is 43.0 Å². The molecule has 29 nitrogen and oxygen atoms in total. The minimum Gasteiger partial charge on any atom is -0.481 e. The fraction of sp³-hybridized carbons (Fsp3) is 0.471. The number of aromatic nitrogens is 6. The smallest absolute Gasteiger partial charge is 0.305 e. The van der Waals surface area contributed by atoms with E-state index in [2.05, 4.69) is 49.4 Å². The molecule has 4 saturated heterocycles. The van der Waals surface area contributed by atoms with E-state index < -0.39 is 41.7 Å². The Morgan fingerprint density at radius 1 is 0.636 bits per heavy atom. The molecule has 6 aliphatic heterocycles. The number of amides is 9. The van der Waals surface area contributed by atoms with E-state index in [0.29, 0.717) is 113 Å². The molecule has 9 amide bonds. The van der Waals surface area contributed by atoms with Gasteiger partial charge in [-0.1, -0.05) is 24.3 Å². The van der Waals surface area contributed by atoms with Crippen molar-refractivity contribution >= 4 is 93.8 Å². The van der Waals surface area contributed by atoms with Gasteiger partial charge >= 0.3 is 5.97 Å². The number of fused-ring (bicyclic) bond motifs is 2. The molecule has 0 aliphatic carbocycles. The summed E-state index contributed by atoms with van der Waals surface area (Å²) in [4.78, 5) is 147. The van der Waals surface area contributed by atoms with Gasteiger partial charge in [0, 0.05) is 118 Å². The Morgan fingerprint density at radius 3 is 1.56 bits per heavy atom. The molecule has 0 bridgehead atoms. The van der Waals surface area contributed by atoms with E-state index in [1.54, 1.807) is 34.3 Å². The number of carbonyl (C=O) groups excluding carboxylic acids is 9. The average molecular weight is 1400 g/mol. The molecule has 6 aliphatic rings. The van der Waals surface area contributed by atoms with Crippen LogP contribution in [0.3, 0.4) is 0 Å². The Kier molecular flexibility index (Phi) is 24.6. The van der Waals surface area contributed by atoms with Gasteiger partial charge in [0.15, 0.2) is 0 Å². The Labute approximate surface area is 579 Å². The Bertz CT molecular complexity index is 4010. The lowest BCUT2D eigenvalue weighted by molar-refractivity contribution is -0.139. The van der Waals surface area contributed by atoms with E-state index in [1.807, 2.05) is 50.2 Å². The van der Waals surface area contributed by atoms with Crippen molar-refractivity contribution in [3.63, 3.8) is 0 Å². The van der Waals surface area contributed by atoms with Gasteiger partial charge in [-0.25, -0.2) is 19.9 Å². The molecular weight excluding hydrogens is 1310 g/mol. The van der Waals surface area contributed by atoms with Gasteiger partial charge in [0.05, 0.1) is 54.8 Å². The van der Waals surface area contributed by atoms with Crippen LogP contribution in [0.25, 0.3) is 0 Å². The minimum atomic E-state index is -0.886. The van der Waals surface area contributed by atoms with E-state index >= 15 is 0 Å². The number of ether oxygens (including phenoxy) is 2. The van der Waals surface area contributed by atoms with E-state index in [0.717, 1.165) is 94.5 Å². The highest BCUT2D eigenvalue weighted by molar-refractivity contribution is 7.06. The Morgan fingerprint density at radius 2 is 1.11 bits per heavy atom. The van der Waals surface area contributed by atoms with Crippen LogP contribution in [0.1, 0.15) is 174 Å². The summed E-state index contributed by atoms with van der Waals surface area (Å²) in [7, 11) is 0. The lowest BCUT2D eigenvalue weighted by Crippen LogP contribution is -2.52. The Balaban J connectivity index is 0.000000178. The number of hydrogen-bond acceptors (Lipinski definition) is 23. The normalized spacial score (nSPS) is 18.9. The van der Waals surface area contributed by atoms with Crippen molar-refractivity contribution < 1.29 is 62.5 Å². The zero-order chi connectivity index (χ0) is 70.3. The van der Waals surface area contributed by atoms with E-state index in [1.165, 1.54) is 23.1 Å². The SMILES string of the molecule is Cc1cc(Cc2nc(N3CCCC(N)C3)cnc2C(N)=O)sn1.Cc1cc(Cc2nc(N3CCCC(NC(=O)CCOCCCc4cccc5c4CN(C4CCC(=O)NC4=O)C5=O)C3)cnc2C(N)=O)sn1.O=C(O)CCOCCCc1cccc2c1CN(C1CCC(=O)NC1=O)C2=O. The first kappa shape index (κ1) is 72.2. The molecule has 0 spiro atoms. The third-order valence-corrected chi connectivity index (χ3v) is 19.6. The lowest BCUT2D eigenvalue weighted by atomic mass is 10.00. The molecular formula is C68H82N16O13S2. The fourth-order valence-corrected chi connectivity index (χ4v) is 14.4. The number of rotatable bonds is 25. The molecule has 6 aromatic rings. The van der Waals surface area contributed by atoms with Crippen LogP contribution in [0.5, 0.6) is 0 Å². The number of aryl methyl sites for hydroxylation is 4. The first-order valence-corrected chi connectivity index (χ1v) is 34.8. The number of benzene rings is 2. The molecule has 0 radical (unpaired) electrons. The van der Waals surface area contributed by atoms with Crippen molar-refractivity contribution in [1.82, 2.24) is 54.4 Å². The highest BCUT2D eigenvalue weighted by Crippen LogP contribution is 2.33. The van der Waals surface area contributed by atoms with Crippen molar-refractivity contribution in [2.75, 3.05) is 62.4 Å². The first-order valence-electron chi connectivity index (χ1n) is 33.2. The van der Waals surface area contributed by atoms with E-state index in [4.69, 9.17) is 36.8 Å². The number of piperidine rings is 4. The predicted molar refractivity (Wildman–Crippen MR) is 363 cm³/mol. The molecule has 524 valence electrons. The maximum absolute atomic E-state index is 13.1. The number of carbonyl (C=O) groups is 10. The summed E-state index contributed by atoms with van der Waals surface area (Å²) >= 11 is 2.76. The van der Waals surface area contributed by atoms with Crippen LogP contribution in [0.2, 0.25) is 0 Å². The summed E-state index contributed by atoms with van der Waals surface area (Å²) in [6.07, 6.45) is 12.0. The highest BCUT2D eigenvalue weighted by atomic mass is 32.1. The maximum atomic E-state index is 13.1. The molecule has 4 aromatic heterocycles. The van der Waals surface area contributed by atoms with Crippen molar-refractivity contribution in [1.29, 1.82) is 0 Å². The summed E-state index contributed by atoms with van der Waals surface area (Å²) in [6, 6.07) is 13.9. The molecule has 12 rings (SSSR count). The van der Waals surface area contributed by atoms with Gasteiger partial charge < -0.3 is 56.7 Å². The van der Waals surface area contributed by atoms with Crippen molar-refractivity contribution in [3.8, 4) is 0 Å². The third kappa shape index (κ3) is 19.0. The standard InChI is InChI=1S/C34H40N8O6S.C19H22N2O6.C15H20N6OS/c1-20-15-23(49-40-20)16-26-31(32(35)45)36-17-28(38-26)41-12-3-7-22(18-41)37-30(44)11-14-48-13-4-6-21-5-2-8-24-25(21)19-42(34(24)47)27-9-10-29(43)39-33(27)46;22-16-7-6-15(18(25)20-16)21-11-14-12(3-1-5-13(14)19(21)26)4-2-9-27-10-8-17(23)24;1-9-5-11(23-20-9)6-12-14(15(17)22)18-7-13(19-12)21-4-2-3-10(16)8-21/h2,5,8,15,17,22,27H,3-4,6-7,9-14,16,18-19H2,1H3,(H2,35,45)(H,37,44)(H,39,43,46);1,3,5,15H,2,4,6-11H2,(H,23,24)(H,20,22,25);5,7,10H,2-4,6,8,16H2,1H3,(H2,17,22). The second-order valence-electron chi connectivity index (χ2n) is 25.2. The number of hydrogen-bond donors (Lipinski definition) is 7. The number of carboxylic acids is 1. The second-order valence-corrected chi connectivity index (χ2v) is 27.0. The summed E-state index contributed by atoms with van der Waals surface area (Å²) in [5.74, 6) is -2.58. The minimum absolute atomic E-state index is 0.0177. The summed E-state index contributed by atoms with van der Waals surface area (Å²) in [5.41, 5.74) is 25.5. The predicted octanol–water partition coefficient (Wildman–Crippen LogP) is 3.55. The number of carboxylic acid groups (broad SMARTS) is 1. The zero-order valence-corrected chi connectivity index (χ0v) is 57.0. The number of primary amides is 2. The zero-order valence-electron chi connectivity index (χ0n) is 55.3. The summed E-state index contributed by atoms with van der Waals surface area (Å²) in [5, 5.41) is 16.3. The van der Waals surface area contributed by atoms with Gasteiger partial charge in [-0.2, -0.15) is 8.75 Å². The van der Waals surface area contributed by atoms with E-state index in [-0.39, 0.29) is 91.9 Å². The van der Waals surface area contributed by atoms with Gasteiger partial charge in [0.1, 0.15) is 35.1 Å². The molecule has 4 fully saturated rings. The Hall–Kier alpha value is -9.56. The van der Waals surface area contributed by atoms with Gasteiger partial charge in [-0.05, 0) is 148 Å². The van der Waals surface area contributed by atoms with Crippen LogP contribution >= 0.6 is 23.1 Å². The number of anilines is 2. The first-order chi connectivity index (χ1) is 47.7. The van der Waals surface area contributed by atoms with Crippen LogP contribution in [-0.2, 0) is 77.0 Å². The second kappa shape index (κ2) is 33.8. The maximum Gasteiger partial charge on any atom is 0.305 e. The third-order valence-electron chi connectivity index (χ3n) is 17.8. The molecule has 10 N–H and O–H groups in total. The number of imide groups is 2. The van der Waals surface area contributed by atoms with Crippen LogP contribution in [0.15, 0.2) is 60.9 Å². The van der Waals surface area contributed by atoms with Gasteiger partial charge in [0.2, 0.25) is 29.5 Å². The van der Waals surface area contributed by atoms with Crippen LogP contribution in [0, 0.1) is 13.8 Å². The highest BCUT2D eigenvalue weighted by Gasteiger charge is 2.41. The van der Waals surface area contributed by atoms with Gasteiger partial charge in [-0.15, -0.1) is 0 Å². The monoisotopic (exact) mass is 1390 g/mol. The lowest BCUT2D eigenvalue weighted by Gasteiger charge is -2.34. The summed E-state index contributed by atoms with van der Waals surface area (Å²) < 4.78 is 19.7. The van der Waals surface area contributed by atoms with Gasteiger partial charge in [-0.3, -0.25) is 58.6 Å². The average Bonchev–Trinajstić information content (AvgIpc) is 1.64. The number of nitrogens with zero attached hydrogens (tertiary/aromatic N) is 10. The number of nitrogens with one attached hydrogen (secondary N) is 3. The van der Waals surface area contributed by atoms with E-state index in [9.17, 15) is 47.9 Å². The fourth-order valence-electron chi connectivity index (χ4n) is 13.0. The quantitative estimate of drug-likeness (QED) is 0.0318. The van der Waals surface area contributed by atoms with Crippen molar-refractivity contribution in [2.24, 2.45) is 17.2 Å². The molecule has 0 saturated carbocycles.